The van der Waals surface area contributed by atoms with Crippen LogP contribution in [0.3, 0.4) is 0 Å². The van der Waals surface area contributed by atoms with Crippen LogP contribution in [0.5, 0.6) is 11.5 Å². The molecule has 0 atom stereocenters. The second-order valence-electron chi connectivity index (χ2n) is 3.89. The molecule has 0 saturated heterocycles. The van der Waals surface area contributed by atoms with E-state index in [1.807, 2.05) is 0 Å². The lowest BCUT2D eigenvalue weighted by molar-refractivity contribution is 0.0687. The standard InChI is InChI=1S/C12H9FN2O5S/c13-8-6-7(21(14,18)19)3-4-9(8)20-10-2-1-5-15-11(10)12(16)17/h1-6H,(H,16,17)(H2,14,18,19). The Morgan fingerprint density at radius 3 is 2.57 bits per heavy atom. The van der Waals surface area contributed by atoms with Crippen LogP contribution in [0.2, 0.25) is 0 Å². The van der Waals surface area contributed by atoms with Crippen molar-refractivity contribution in [2.45, 2.75) is 4.90 Å². The summed E-state index contributed by atoms with van der Waals surface area (Å²) in [6, 6.07) is 5.47. The maximum Gasteiger partial charge on any atom is 0.358 e. The van der Waals surface area contributed by atoms with E-state index in [4.69, 9.17) is 15.0 Å². The first-order valence-electron chi connectivity index (χ1n) is 5.47. The van der Waals surface area contributed by atoms with Gasteiger partial charge in [-0.25, -0.2) is 27.7 Å². The van der Waals surface area contributed by atoms with Gasteiger partial charge in [0.2, 0.25) is 10.0 Å². The molecule has 0 radical (unpaired) electrons. The summed E-state index contributed by atoms with van der Waals surface area (Å²) in [5.74, 6) is -2.86. The van der Waals surface area contributed by atoms with Crippen LogP contribution in [0.25, 0.3) is 0 Å². The van der Waals surface area contributed by atoms with Crippen molar-refractivity contribution in [1.82, 2.24) is 4.98 Å². The van der Waals surface area contributed by atoms with Gasteiger partial charge in [-0.1, -0.05) is 0 Å². The van der Waals surface area contributed by atoms with Gasteiger partial charge in [0, 0.05) is 6.20 Å². The van der Waals surface area contributed by atoms with E-state index in [2.05, 4.69) is 4.98 Å². The fourth-order valence-electron chi connectivity index (χ4n) is 1.49. The van der Waals surface area contributed by atoms with Crippen molar-refractivity contribution < 1.29 is 27.4 Å². The van der Waals surface area contributed by atoms with E-state index in [1.165, 1.54) is 18.3 Å². The molecule has 7 nitrogen and oxygen atoms in total. The lowest BCUT2D eigenvalue weighted by Crippen LogP contribution is -2.12. The van der Waals surface area contributed by atoms with Gasteiger partial charge in [-0.05, 0) is 30.3 Å². The molecule has 3 N–H and O–H groups in total. The first kappa shape index (κ1) is 14.9. The lowest BCUT2D eigenvalue weighted by Gasteiger charge is -2.09. The highest BCUT2D eigenvalue weighted by atomic mass is 32.2. The summed E-state index contributed by atoms with van der Waals surface area (Å²) in [5.41, 5.74) is -0.396. The van der Waals surface area contributed by atoms with Crippen molar-refractivity contribution in [3.8, 4) is 11.5 Å². The van der Waals surface area contributed by atoms with Crippen LogP contribution in [0.4, 0.5) is 4.39 Å². The maximum atomic E-state index is 13.8. The molecule has 0 bridgehead atoms. The highest BCUT2D eigenvalue weighted by molar-refractivity contribution is 7.89. The van der Waals surface area contributed by atoms with Gasteiger partial charge in [0.25, 0.3) is 0 Å². The summed E-state index contributed by atoms with van der Waals surface area (Å²) in [4.78, 5) is 14.1. The Morgan fingerprint density at radius 1 is 1.29 bits per heavy atom. The quantitative estimate of drug-likeness (QED) is 0.879. The third-order valence-corrected chi connectivity index (χ3v) is 3.34. The molecular weight excluding hydrogens is 303 g/mol. The number of carboxylic acid groups (broad SMARTS) is 1. The number of pyridine rings is 1. The highest BCUT2D eigenvalue weighted by Crippen LogP contribution is 2.27. The number of primary sulfonamides is 1. The monoisotopic (exact) mass is 312 g/mol. The smallest absolute Gasteiger partial charge is 0.358 e. The number of sulfonamides is 1. The SMILES string of the molecule is NS(=O)(=O)c1ccc(Oc2cccnc2C(=O)O)c(F)c1. The van der Waals surface area contributed by atoms with Crippen molar-refractivity contribution >= 4 is 16.0 Å². The molecule has 0 aliphatic carbocycles. The summed E-state index contributed by atoms with van der Waals surface area (Å²) in [6.45, 7) is 0. The van der Waals surface area contributed by atoms with Gasteiger partial charge >= 0.3 is 5.97 Å². The Hall–Kier alpha value is -2.52. The predicted molar refractivity (Wildman–Crippen MR) is 69.0 cm³/mol. The van der Waals surface area contributed by atoms with E-state index in [9.17, 15) is 17.6 Å². The Kier molecular flexibility index (Phi) is 3.87. The molecule has 9 heteroatoms. The molecule has 1 heterocycles. The van der Waals surface area contributed by atoms with Crippen LogP contribution in [0, 0.1) is 5.82 Å². The van der Waals surface area contributed by atoms with Gasteiger partial charge in [0.1, 0.15) is 0 Å². The van der Waals surface area contributed by atoms with Gasteiger partial charge in [0.05, 0.1) is 4.90 Å². The average molecular weight is 312 g/mol. The number of rotatable bonds is 4. The molecule has 0 fully saturated rings. The van der Waals surface area contributed by atoms with E-state index in [-0.39, 0.29) is 11.5 Å². The molecule has 1 aromatic carbocycles. The number of hydrogen-bond acceptors (Lipinski definition) is 5. The number of ether oxygens (including phenoxy) is 1. The summed E-state index contributed by atoms with van der Waals surface area (Å²) in [7, 11) is -4.04. The molecule has 0 unspecified atom stereocenters. The summed E-state index contributed by atoms with van der Waals surface area (Å²) < 4.78 is 41.1. The van der Waals surface area contributed by atoms with Crippen LogP contribution >= 0.6 is 0 Å². The Labute approximate surface area is 118 Å². The van der Waals surface area contributed by atoms with Crippen LogP contribution in [-0.2, 0) is 10.0 Å². The highest BCUT2D eigenvalue weighted by Gasteiger charge is 2.16. The molecule has 2 aromatic rings. The summed E-state index contributed by atoms with van der Waals surface area (Å²) >= 11 is 0. The zero-order valence-electron chi connectivity index (χ0n) is 10.4. The topological polar surface area (TPSA) is 120 Å². The second-order valence-corrected chi connectivity index (χ2v) is 5.46. The molecule has 0 spiro atoms. The van der Waals surface area contributed by atoms with Gasteiger partial charge in [-0.3, -0.25) is 0 Å². The van der Waals surface area contributed by atoms with Crippen molar-refractivity contribution in [2.24, 2.45) is 5.14 Å². The number of nitrogens with two attached hydrogens (primary N) is 1. The zero-order valence-corrected chi connectivity index (χ0v) is 11.2. The van der Waals surface area contributed by atoms with Gasteiger partial charge in [-0.2, -0.15) is 0 Å². The maximum absolute atomic E-state index is 13.8. The Bertz CT molecular complexity index is 807. The third-order valence-electron chi connectivity index (χ3n) is 2.43. The number of hydrogen-bond donors (Lipinski definition) is 2. The third kappa shape index (κ3) is 3.33. The van der Waals surface area contributed by atoms with Crippen molar-refractivity contribution in [1.29, 1.82) is 0 Å². The lowest BCUT2D eigenvalue weighted by atomic mass is 10.3. The minimum absolute atomic E-state index is 0.174. The molecule has 0 saturated carbocycles. The van der Waals surface area contributed by atoms with Gasteiger partial charge in [0.15, 0.2) is 23.0 Å². The molecule has 0 amide bonds. The number of halogens is 1. The fourth-order valence-corrected chi connectivity index (χ4v) is 2.02. The van der Waals surface area contributed by atoms with Gasteiger partial charge in [-0.15, -0.1) is 0 Å². The summed E-state index contributed by atoms with van der Waals surface area (Å²) in [5, 5.41) is 13.8. The normalized spacial score (nSPS) is 11.1. The Balaban J connectivity index is 2.40. The molecule has 110 valence electrons. The minimum atomic E-state index is -4.04. The molecular formula is C12H9FN2O5S. The molecule has 0 aliphatic heterocycles. The Morgan fingerprint density at radius 2 is 2.00 bits per heavy atom. The number of carboxylic acids is 1. The number of benzene rings is 1. The van der Waals surface area contributed by atoms with Crippen molar-refractivity contribution in [2.75, 3.05) is 0 Å². The van der Waals surface area contributed by atoms with Crippen LogP contribution in [0.1, 0.15) is 10.5 Å². The largest absolute Gasteiger partial charge is 0.476 e. The summed E-state index contributed by atoms with van der Waals surface area (Å²) in [6.07, 6.45) is 1.25. The second kappa shape index (κ2) is 5.46. The van der Waals surface area contributed by atoms with E-state index < -0.39 is 32.4 Å². The molecule has 21 heavy (non-hydrogen) atoms. The van der Waals surface area contributed by atoms with Gasteiger partial charge < -0.3 is 9.84 Å². The molecule has 2 rings (SSSR count). The minimum Gasteiger partial charge on any atom is -0.476 e. The van der Waals surface area contributed by atoms with Crippen LogP contribution in [-0.4, -0.2) is 24.5 Å². The predicted octanol–water partition coefficient (Wildman–Crippen LogP) is 1.36. The van der Waals surface area contributed by atoms with Crippen LogP contribution in [0.15, 0.2) is 41.4 Å². The first-order chi connectivity index (χ1) is 9.79. The first-order valence-corrected chi connectivity index (χ1v) is 7.02. The fraction of sp³-hybridized carbons (Fsp3) is 0. The zero-order chi connectivity index (χ0) is 15.6. The average Bonchev–Trinajstić information content (AvgIpc) is 2.40. The van der Waals surface area contributed by atoms with E-state index in [1.54, 1.807) is 0 Å². The number of carbonyl (C=O) groups is 1. The van der Waals surface area contributed by atoms with E-state index in [0.717, 1.165) is 12.1 Å². The van der Waals surface area contributed by atoms with Crippen molar-refractivity contribution in [3.05, 3.63) is 48.0 Å². The number of aromatic carboxylic acids is 1. The van der Waals surface area contributed by atoms with E-state index in [0.29, 0.717) is 6.07 Å². The molecule has 0 aliphatic rings. The van der Waals surface area contributed by atoms with Crippen LogP contribution < -0.4 is 9.88 Å². The number of aromatic nitrogens is 1. The van der Waals surface area contributed by atoms with E-state index >= 15 is 0 Å². The number of nitrogens with zero attached hydrogens (tertiary/aromatic N) is 1. The van der Waals surface area contributed by atoms with Crippen molar-refractivity contribution in [3.63, 3.8) is 0 Å². The molecule has 1 aromatic heterocycles.